The molecule has 0 aliphatic rings. The summed E-state index contributed by atoms with van der Waals surface area (Å²) in [4.78, 5) is 1.35. The van der Waals surface area contributed by atoms with Crippen molar-refractivity contribution in [3.8, 4) is 5.69 Å². The van der Waals surface area contributed by atoms with Crippen molar-refractivity contribution in [2.24, 2.45) is 0 Å². The highest BCUT2D eigenvalue weighted by Crippen LogP contribution is 2.31. The first-order valence-electron chi connectivity index (χ1n) is 6.75. The van der Waals surface area contributed by atoms with Gasteiger partial charge < -0.3 is 4.98 Å². The zero-order valence-corrected chi connectivity index (χ0v) is 13.8. The molecule has 0 spiro atoms. The molecule has 0 atom stereocenters. The van der Waals surface area contributed by atoms with E-state index in [0.717, 1.165) is 6.20 Å². The molecule has 0 radical (unpaired) electrons. The average molecular weight is 391 g/mol. The number of nitrogens with zero attached hydrogens (tertiary/aromatic N) is 2. The molecular formula is C14H10ClF3N4O2S. The zero-order chi connectivity index (χ0) is 18.2. The molecular weight excluding hydrogens is 381 g/mol. The second kappa shape index (κ2) is 6.12. The third kappa shape index (κ3) is 3.64. The van der Waals surface area contributed by atoms with Gasteiger partial charge in [-0.1, -0.05) is 11.6 Å². The van der Waals surface area contributed by atoms with Crippen molar-refractivity contribution >= 4 is 27.3 Å². The van der Waals surface area contributed by atoms with Gasteiger partial charge in [-0.15, -0.1) is 0 Å². The predicted molar refractivity (Wildman–Crippen MR) is 85.2 cm³/mol. The van der Waals surface area contributed by atoms with Crippen molar-refractivity contribution in [3.05, 3.63) is 59.6 Å². The van der Waals surface area contributed by atoms with Crippen LogP contribution in [0.15, 0.2) is 53.8 Å². The molecule has 0 saturated heterocycles. The molecule has 2 heterocycles. The summed E-state index contributed by atoms with van der Waals surface area (Å²) in [6.45, 7) is 0. The largest absolute Gasteiger partial charge is 0.431 e. The normalized spacial score (nSPS) is 12.3. The smallest absolute Gasteiger partial charge is 0.356 e. The van der Waals surface area contributed by atoms with Gasteiger partial charge in [-0.05, 0) is 30.3 Å². The fraction of sp³-hybridized carbons (Fsp3) is 0.0714. The van der Waals surface area contributed by atoms with E-state index >= 15 is 0 Å². The molecule has 3 rings (SSSR count). The second-order valence-corrected chi connectivity index (χ2v) is 7.08. The molecule has 11 heteroatoms. The van der Waals surface area contributed by atoms with E-state index in [9.17, 15) is 21.6 Å². The lowest BCUT2D eigenvalue weighted by molar-refractivity contribution is -0.140. The van der Waals surface area contributed by atoms with Gasteiger partial charge in [0, 0.05) is 23.6 Å². The molecule has 0 saturated carbocycles. The minimum absolute atomic E-state index is 0.0750. The predicted octanol–water partition coefficient (Wildman–Crippen LogP) is 3.67. The topological polar surface area (TPSA) is 79.8 Å². The molecule has 0 bridgehead atoms. The van der Waals surface area contributed by atoms with Crippen molar-refractivity contribution in [1.29, 1.82) is 0 Å². The molecule has 2 N–H and O–H groups in total. The maximum atomic E-state index is 12.6. The number of hydrogen-bond donors (Lipinski definition) is 2. The molecule has 3 aromatic rings. The number of nitrogens with one attached hydrogen (secondary N) is 2. The molecule has 0 aliphatic carbocycles. The number of alkyl halides is 3. The van der Waals surface area contributed by atoms with Crippen molar-refractivity contribution < 1.29 is 21.6 Å². The Bertz CT molecular complexity index is 998. The van der Waals surface area contributed by atoms with E-state index < -0.39 is 26.8 Å². The molecule has 0 unspecified atom stereocenters. The summed E-state index contributed by atoms with van der Waals surface area (Å²) in [7, 11) is -4.26. The van der Waals surface area contributed by atoms with Crippen LogP contribution in [0, 0.1) is 0 Å². The highest BCUT2D eigenvalue weighted by Gasteiger charge is 2.34. The number of anilines is 1. The summed E-state index contributed by atoms with van der Waals surface area (Å²) >= 11 is 5.90. The summed E-state index contributed by atoms with van der Waals surface area (Å²) in [6, 6.07) is 6.56. The summed E-state index contributed by atoms with van der Waals surface area (Å²) < 4.78 is 66.4. The Morgan fingerprint density at radius 1 is 1.24 bits per heavy atom. The third-order valence-corrected chi connectivity index (χ3v) is 4.81. The van der Waals surface area contributed by atoms with E-state index in [-0.39, 0.29) is 10.7 Å². The first-order valence-corrected chi connectivity index (χ1v) is 8.61. The molecule has 25 heavy (non-hydrogen) atoms. The van der Waals surface area contributed by atoms with Gasteiger partial charge >= 0.3 is 6.18 Å². The number of aromatic amines is 1. The quantitative estimate of drug-likeness (QED) is 0.713. The minimum Gasteiger partial charge on any atom is -0.356 e. The molecule has 0 aliphatic heterocycles. The lowest BCUT2D eigenvalue weighted by atomic mass is 10.3. The fourth-order valence-electron chi connectivity index (χ4n) is 2.10. The van der Waals surface area contributed by atoms with Crippen LogP contribution in [-0.4, -0.2) is 23.2 Å². The number of halogens is 4. The van der Waals surface area contributed by atoms with Crippen molar-refractivity contribution in [3.63, 3.8) is 0 Å². The Morgan fingerprint density at radius 3 is 2.60 bits per heavy atom. The van der Waals surface area contributed by atoms with E-state index in [0.29, 0.717) is 11.8 Å². The standard InChI is InChI=1S/C14H10ClF3N4O2S/c15-9-2-3-12(22-5-1-4-20-22)11(6-9)21-25(23,24)10-7-13(19-8-10)14(16,17)18/h1-8,19,21H. The van der Waals surface area contributed by atoms with Crippen LogP contribution in [0.25, 0.3) is 5.69 Å². The zero-order valence-electron chi connectivity index (χ0n) is 12.2. The maximum absolute atomic E-state index is 12.6. The van der Waals surface area contributed by atoms with Gasteiger partial charge in [0.2, 0.25) is 0 Å². The van der Waals surface area contributed by atoms with Gasteiger partial charge in [-0.2, -0.15) is 18.3 Å². The third-order valence-electron chi connectivity index (χ3n) is 3.23. The average Bonchev–Trinajstić information content (AvgIpc) is 3.18. The van der Waals surface area contributed by atoms with Crippen LogP contribution in [0.1, 0.15) is 5.69 Å². The van der Waals surface area contributed by atoms with Crippen LogP contribution in [0.4, 0.5) is 18.9 Å². The molecule has 0 fully saturated rings. The van der Waals surface area contributed by atoms with Crippen molar-refractivity contribution in [2.45, 2.75) is 11.1 Å². The van der Waals surface area contributed by atoms with Gasteiger partial charge in [0.1, 0.15) is 10.6 Å². The van der Waals surface area contributed by atoms with Crippen LogP contribution in [-0.2, 0) is 16.2 Å². The molecule has 0 amide bonds. The van der Waals surface area contributed by atoms with E-state index in [1.165, 1.54) is 29.1 Å². The molecule has 132 valence electrons. The van der Waals surface area contributed by atoms with Gasteiger partial charge in [0.05, 0.1) is 11.4 Å². The van der Waals surface area contributed by atoms with Gasteiger partial charge in [0.25, 0.3) is 10.0 Å². The lowest BCUT2D eigenvalue weighted by Gasteiger charge is -2.12. The van der Waals surface area contributed by atoms with E-state index in [4.69, 9.17) is 11.6 Å². The molecule has 1 aromatic carbocycles. The lowest BCUT2D eigenvalue weighted by Crippen LogP contribution is -2.14. The summed E-state index contributed by atoms with van der Waals surface area (Å²) in [5.74, 6) is 0. The number of hydrogen-bond acceptors (Lipinski definition) is 3. The van der Waals surface area contributed by atoms with Crippen LogP contribution >= 0.6 is 11.6 Å². The Labute approximate surface area is 145 Å². The number of H-pyrrole nitrogens is 1. The maximum Gasteiger partial charge on any atom is 0.431 e. The van der Waals surface area contributed by atoms with Crippen LogP contribution in [0.2, 0.25) is 5.02 Å². The first kappa shape index (κ1) is 17.4. The van der Waals surface area contributed by atoms with Gasteiger partial charge in [-0.3, -0.25) is 4.72 Å². The van der Waals surface area contributed by atoms with E-state index in [1.54, 1.807) is 12.3 Å². The first-order chi connectivity index (χ1) is 11.7. The summed E-state index contributed by atoms with van der Waals surface area (Å²) in [5, 5.41) is 4.25. The second-order valence-electron chi connectivity index (χ2n) is 4.96. The Kier molecular flexibility index (Phi) is 4.25. The number of sulfonamides is 1. The number of rotatable bonds is 4. The van der Waals surface area contributed by atoms with Crippen molar-refractivity contribution in [1.82, 2.24) is 14.8 Å². The SMILES string of the molecule is O=S(=O)(Nc1cc(Cl)ccc1-n1cccn1)c1c[nH]c(C(F)(F)F)c1. The number of benzene rings is 1. The van der Waals surface area contributed by atoms with Crippen LogP contribution < -0.4 is 4.72 Å². The minimum atomic E-state index is -4.68. The molecule has 6 nitrogen and oxygen atoms in total. The fourth-order valence-corrected chi connectivity index (χ4v) is 3.33. The van der Waals surface area contributed by atoms with Crippen LogP contribution in [0.3, 0.4) is 0 Å². The summed E-state index contributed by atoms with van der Waals surface area (Å²) in [6.07, 6.45) is -0.832. The van der Waals surface area contributed by atoms with E-state index in [2.05, 4.69) is 9.82 Å². The molecule has 2 aromatic heterocycles. The van der Waals surface area contributed by atoms with Gasteiger partial charge in [-0.25, -0.2) is 13.1 Å². The Morgan fingerprint density at radius 2 is 2.00 bits per heavy atom. The van der Waals surface area contributed by atoms with Crippen LogP contribution in [0.5, 0.6) is 0 Å². The highest BCUT2D eigenvalue weighted by atomic mass is 35.5. The van der Waals surface area contributed by atoms with E-state index in [1.807, 2.05) is 4.98 Å². The Hall–Kier alpha value is -2.46. The van der Waals surface area contributed by atoms with Gasteiger partial charge in [0.15, 0.2) is 0 Å². The summed E-state index contributed by atoms with van der Waals surface area (Å²) in [5.41, 5.74) is -0.721. The highest BCUT2D eigenvalue weighted by molar-refractivity contribution is 7.92. The monoisotopic (exact) mass is 390 g/mol. The van der Waals surface area contributed by atoms with Crippen molar-refractivity contribution in [2.75, 3.05) is 4.72 Å². The number of aromatic nitrogens is 3. The Balaban J connectivity index is 1.99.